The molecular formula is C14H22BrN. The second-order valence-electron chi connectivity index (χ2n) is 4.48. The number of rotatable bonds is 6. The number of halogens is 1. The maximum absolute atomic E-state index is 3.58. The van der Waals surface area contributed by atoms with Crippen molar-refractivity contribution in [2.75, 3.05) is 13.6 Å². The lowest BCUT2D eigenvalue weighted by molar-refractivity contribution is 0.323. The van der Waals surface area contributed by atoms with Crippen molar-refractivity contribution in [3.05, 3.63) is 35.4 Å². The molecule has 0 heterocycles. The molecule has 0 amide bonds. The van der Waals surface area contributed by atoms with Crippen LogP contribution in [0.15, 0.2) is 24.3 Å². The smallest absolute Gasteiger partial charge is 0.0230 e. The normalized spacial score (nSPS) is 13.1. The highest BCUT2D eigenvalue weighted by atomic mass is 79.9. The molecule has 0 bridgehead atoms. The van der Waals surface area contributed by atoms with Crippen LogP contribution in [-0.2, 0) is 13.0 Å². The highest BCUT2D eigenvalue weighted by Crippen LogP contribution is 2.09. The van der Waals surface area contributed by atoms with Gasteiger partial charge in [-0.1, -0.05) is 54.0 Å². The summed E-state index contributed by atoms with van der Waals surface area (Å²) in [6.45, 7) is 6.58. The van der Waals surface area contributed by atoms with Crippen molar-refractivity contribution < 1.29 is 0 Å². The van der Waals surface area contributed by atoms with E-state index in [2.05, 4.69) is 66.0 Å². The third-order valence-corrected chi connectivity index (χ3v) is 3.25. The van der Waals surface area contributed by atoms with E-state index in [-0.39, 0.29) is 0 Å². The maximum atomic E-state index is 3.58. The van der Waals surface area contributed by atoms with E-state index < -0.39 is 0 Å². The topological polar surface area (TPSA) is 3.24 Å². The van der Waals surface area contributed by atoms with Gasteiger partial charge in [-0.25, -0.2) is 0 Å². The molecule has 0 aromatic heterocycles. The number of hydrogen-bond acceptors (Lipinski definition) is 1. The van der Waals surface area contributed by atoms with Crippen molar-refractivity contribution in [2.24, 2.45) is 0 Å². The first-order valence-electron chi connectivity index (χ1n) is 6.02. The van der Waals surface area contributed by atoms with E-state index in [1.165, 1.54) is 17.5 Å². The monoisotopic (exact) mass is 283 g/mol. The Balaban J connectivity index is 2.40. The first-order chi connectivity index (χ1) is 7.61. The lowest BCUT2D eigenvalue weighted by Crippen LogP contribution is -2.20. The molecule has 0 aliphatic heterocycles. The van der Waals surface area contributed by atoms with E-state index in [1.54, 1.807) is 0 Å². The fourth-order valence-corrected chi connectivity index (χ4v) is 1.87. The van der Waals surface area contributed by atoms with Gasteiger partial charge in [0.05, 0.1) is 0 Å². The SMILES string of the molecule is CCc1ccc(CN(C)CCC(C)Br)cc1. The summed E-state index contributed by atoms with van der Waals surface area (Å²) in [7, 11) is 2.18. The van der Waals surface area contributed by atoms with E-state index in [0.717, 1.165) is 19.5 Å². The van der Waals surface area contributed by atoms with Gasteiger partial charge >= 0.3 is 0 Å². The van der Waals surface area contributed by atoms with Crippen LogP contribution in [0.3, 0.4) is 0 Å². The highest BCUT2D eigenvalue weighted by molar-refractivity contribution is 9.09. The molecule has 90 valence electrons. The summed E-state index contributed by atoms with van der Waals surface area (Å²) in [5, 5.41) is 0. The Hall–Kier alpha value is -0.340. The summed E-state index contributed by atoms with van der Waals surface area (Å²) in [5.41, 5.74) is 2.82. The van der Waals surface area contributed by atoms with Gasteiger partial charge in [0.15, 0.2) is 0 Å². The lowest BCUT2D eigenvalue weighted by Gasteiger charge is -2.17. The standard InChI is InChI=1S/C14H22BrN/c1-4-13-5-7-14(8-6-13)11-16(3)10-9-12(2)15/h5-8,12H,4,9-11H2,1-3H3. The Bertz CT molecular complexity index is 292. The fourth-order valence-electron chi connectivity index (χ4n) is 1.67. The molecule has 0 aliphatic carbocycles. The molecule has 0 aliphatic rings. The van der Waals surface area contributed by atoms with Crippen molar-refractivity contribution in [1.82, 2.24) is 4.90 Å². The second kappa shape index (κ2) is 7.08. The predicted molar refractivity (Wildman–Crippen MR) is 75.2 cm³/mol. The second-order valence-corrected chi connectivity index (χ2v) is 6.04. The van der Waals surface area contributed by atoms with Gasteiger partial charge in [-0.2, -0.15) is 0 Å². The third-order valence-electron chi connectivity index (χ3n) is 2.79. The molecule has 0 fully saturated rings. The van der Waals surface area contributed by atoms with Crippen molar-refractivity contribution >= 4 is 15.9 Å². The molecule has 1 rings (SSSR count). The zero-order chi connectivity index (χ0) is 12.0. The Labute approximate surface area is 108 Å². The van der Waals surface area contributed by atoms with Crippen molar-refractivity contribution in [1.29, 1.82) is 0 Å². The van der Waals surface area contributed by atoms with Gasteiger partial charge < -0.3 is 4.90 Å². The minimum atomic E-state index is 0.609. The van der Waals surface area contributed by atoms with E-state index in [1.807, 2.05) is 0 Å². The molecule has 1 nitrogen and oxygen atoms in total. The van der Waals surface area contributed by atoms with Gasteiger partial charge in [-0.05, 0) is 37.6 Å². The maximum Gasteiger partial charge on any atom is 0.0230 e. The van der Waals surface area contributed by atoms with Crippen LogP contribution < -0.4 is 0 Å². The summed E-state index contributed by atoms with van der Waals surface area (Å²) < 4.78 is 0. The zero-order valence-corrected chi connectivity index (χ0v) is 12.1. The van der Waals surface area contributed by atoms with Gasteiger partial charge in [-0.3, -0.25) is 0 Å². The summed E-state index contributed by atoms with van der Waals surface area (Å²) in [6, 6.07) is 8.95. The average molecular weight is 284 g/mol. The van der Waals surface area contributed by atoms with Crippen molar-refractivity contribution in [2.45, 2.75) is 38.1 Å². The third kappa shape index (κ3) is 5.13. The van der Waals surface area contributed by atoms with Crippen LogP contribution in [0.4, 0.5) is 0 Å². The summed E-state index contributed by atoms with van der Waals surface area (Å²) in [6.07, 6.45) is 2.32. The Morgan fingerprint density at radius 2 is 1.75 bits per heavy atom. The summed E-state index contributed by atoms with van der Waals surface area (Å²) >= 11 is 3.58. The summed E-state index contributed by atoms with van der Waals surface area (Å²) in [5.74, 6) is 0. The van der Waals surface area contributed by atoms with Gasteiger partial charge in [0, 0.05) is 11.4 Å². The number of aryl methyl sites for hydroxylation is 1. The van der Waals surface area contributed by atoms with E-state index in [4.69, 9.17) is 0 Å². The van der Waals surface area contributed by atoms with E-state index >= 15 is 0 Å². The van der Waals surface area contributed by atoms with Crippen LogP contribution in [0.25, 0.3) is 0 Å². The first-order valence-corrected chi connectivity index (χ1v) is 6.93. The minimum absolute atomic E-state index is 0.609. The van der Waals surface area contributed by atoms with Gasteiger partial charge in [0.1, 0.15) is 0 Å². The van der Waals surface area contributed by atoms with Gasteiger partial charge in [-0.15, -0.1) is 0 Å². The fraction of sp³-hybridized carbons (Fsp3) is 0.571. The van der Waals surface area contributed by atoms with Crippen LogP contribution in [-0.4, -0.2) is 23.3 Å². The largest absolute Gasteiger partial charge is 0.302 e. The lowest BCUT2D eigenvalue weighted by atomic mass is 10.1. The Kier molecular flexibility index (Phi) is 6.07. The van der Waals surface area contributed by atoms with E-state index in [9.17, 15) is 0 Å². The van der Waals surface area contributed by atoms with Gasteiger partial charge in [0.2, 0.25) is 0 Å². The zero-order valence-electron chi connectivity index (χ0n) is 10.5. The number of alkyl halides is 1. The van der Waals surface area contributed by atoms with Crippen LogP contribution >= 0.6 is 15.9 Å². The molecule has 2 heteroatoms. The molecule has 0 radical (unpaired) electrons. The van der Waals surface area contributed by atoms with Crippen LogP contribution in [0.2, 0.25) is 0 Å². The quantitative estimate of drug-likeness (QED) is 0.717. The van der Waals surface area contributed by atoms with Gasteiger partial charge in [0.25, 0.3) is 0 Å². The van der Waals surface area contributed by atoms with Crippen LogP contribution in [0, 0.1) is 0 Å². The average Bonchev–Trinajstić information content (AvgIpc) is 2.27. The molecule has 1 aromatic carbocycles. The first kappa shape index (κ1) is 13.7. The summed E-state index contributed by atoms with van der Waals surface area (Å²) in [4.78, 5) is 2.98. The highest BCUT2D eigenvalue weighted by Gasteiger charge is 2.02. The van der Waals surface area contributed by atoms with Crippen molar-refractivity contribution in [3.8, 4) is 0 Å². The Morgan fingerprint density at radius 1 is 1.19 bits per heavy atom. The molecule has 1 atom stereocenters. The molecule has 0 saturated carbocycles. The molecule has 0 spiro atoms. The molecular weight excluding hydrogens is 262 g/mol. The molecule has 16 heavy (non-hydrogen) atoms. The molecule has 1 aromatic rings. The minimum Gasteiger partial charge on any atom is -0.302 e. The number of nitrogens with zero attached hydrogens (tertiary/aromatic N) is 1. The molecule has 0 saturated heterocycles. The van der Waals surface area contributed by atoms with Crippen molar-refractivity contribution in [3.63, 3.8) is 0 Å². The van der Waals surface area contributed by atoms with E-state index in [0.29, 0.717) is 4.83 Å². The number of benzene rings is 1. The number of hydrogen-bond donors (Lipinski definition) is 0. The molecule has 1 unspecified atom stereocenters. The predicted octanol–water partition coefficient (Wildman–Crippen LogP) is 3.85. The van der Waals surface area contributed by atoms with Crippen LogP contribution in [0.1, 0.15) is 31.4 Å². The Morgan fingerprint density at radius 3 is 2.25 bits per heavy atom. The van der Waals surface area contributed by atoms with Crippen LogP contribution in [0.5, 0.6) is 0 Å². The molecule has 0 N–H and O–H groups in total.